The molecule has 0 aliphatic carbocycles. The largest absolute Gasteiger partial charge is 0.495 e. The number of ether oxygens (including phenoxy) is 1. The summed E-state index contributed by atoms with van der Waals surface area (Å²) >= 11 is 0. The van der Waals surface area contributed by atoms with Gasteiger partial charge in [0.2, 0.25) is 5.91 Å². The lowest BCUT2D eigenvalue weighted by atomic mass is 10.0. The van der Waals surface area contributed by atoms with Gasteiger partial charge >= 0.3 is 0 Å². The summed E-state index contributed by atoms with van der Waals surface area (Å²) in [4.78, 5) is 27.8. The Hall–Kier alpha value is -3.80. The highest BCUT2D eigenvalue weighted by atomic mass is 16.5. The topological polar surface area (TPSA) is 70.7 Å². The van der Waals surface area contributed by atoms with Crippen LogP contribution < -0.4 is 20.3 Å². The zero-order valence-corrected chi connectivity index (χ0v) is 16.9. The summed E-state index contributed by atoms with van der Waals surface area (Å²) in [6.45, 7) is 2.03. The number of methoxy groups -OCH3 is 1. The standard InChI is InChI=1S/C24H23N3O3/c1-16-12-13-21(30-2)19(14-16)26-24(29)23(17-8-4-3-5-9-17)27-15-22(28)25-18-10-6-7-11-20(18)27/h3-14,23H,15H2,1-2H3,(H,25,28)(H,26,29)/t23-/m1/s1. The number of rotatable bonds is 5. The molecule has 30 heavy (non-hydrogen) atoms. The Morgan fingerprint density at radius 3 is 2.57 bits per heavy atom. The molecule has 0 saturated heterocycles. The summed E-state index contributed by atoms with van der Waals surface area (Å²) in [5.41, 5.74) is 3.89. The van der Waals surface area contributed by atoms with Gasteiger partial charge in [0.05, 0.1) is 30.7 Å². The minimum atomic E-state index is -0.691. The lowest BCUT2D eigenvalue weighted by Gasteiger charge is -2.36. The third-order valence-electron chi connectivity index (χ3n) is 5.09. The van der Waals surface area contributed by atoms with Crippen molar-refractivity contribution in [3.05, 3.63) is 83.9 Å². The fraction of sp³-hybridized carbons (Fsp3) is 0.167. The van der Waals surface area contributed by atoms with Crippen molar-refractivity contribution in [2.24, 2.45) is 0 Å². The number of para-hydroxylation sites is 2. The SMILES string of the molecule is COc1ccc(C)cc1NC(=O)[C@@H](c1ccccc1)N1CC(=O)Nc2ccccc21. The molecule has 0 aromatic heterocycles. The molecule has 1 atom stereocenters. The van der Waals surface area contributed by atoms with Crippen LogP contribution in [0.1, 0.15) is 17.2 Å². The minimum absolute atomic E-state index is 0.0783. The number of amides is 2. The maximum atomic E-state index is 13.6. The molecule has 0 radical (unpaired) electrons. The van der Waals surface area contributed by atoms with Crippen molar-refractivity contribution in [1.29, 1.82) is 0 Å². The first-order valence-corrected chi connectivity index (χ1v) is 9.73. The predicted octanol–water partition coefficient (Wildman–Crippen LogP) is 4.14. The average molecular weight is 401 g/mol. The van der Waals surface area contributed by atoms with E-state index < -0.39 is 6.04 Å². The highest BCUT2D eigenvalue weighted by molar-refractivity contribution is 6.05. The quantitative estimate of drug-likeness (QED) is 0.674. The molecule has 0 fully saturated rings. The summed E-state index contributed by atoms with van der Waals surface area (Å²) in [6, 6.07) is 21.9. The molecule has 1 aliphatic heterocycles. The molecule has 4 rings (SSSR count). The second-order valence-corrected chi connectivity index (χ2v) is 7.20. The Morgan fingerprint density at radius 1 is 1.07 bits per heavy atom. The molecule has 2 N–H and O–H groups in total. The molecule has 1 aliphatic rings. The Balaban J connectivity index is 1.76. The van der Waals surface area contributed by atoms with Crippen LogP contribution in [-0.4, -0.2) is 25.5 Å². The number of hydrogen-bond acceptors (Lipinski definition) is 4. The van der Waals surface area contributed by atoms with Gasteiger partial charge in [-0.1, -0.05) is 48.5 Å². The zero-order valence-electron chi connectivity index (χ0n) is 16.9. The molecule has 3 aromatic rings. The predicted molar refractivity (Wildman–Crippen MR) is 118 cm³/mol. The Bertz CT molecular complexity index is 1080. The molecule has 0 unspecified atom stereocenters. The van der Waals surface area contributed by atoms with Crippen LogP contribution in [0.25, 0.3) is 0 Å². The number of fused-ring (bicyclic) bond motifs is 1. The van der Waals surface area contributed by atoms with E-state index in [2.05, 4.69) is 10.6 Å². The molecule has 6 nitrogen and oxygen atoms in total. The van der Waals surface area contributed by atoms with Gasteiger partial charge in [-0.15, -0.1) is 0 Å². The van der Waals surface area contributed by atoms with Crippen LogP contribution in [-0.2, 0) is 9.59 Å². The first-order chi connectivity index (χ1) is 14.6. The number of nitrogens with zero attached hydrogens (tertiary/aromatic N) is 1. The van der Waals surface area contributed by atoms with Crippen molar-refractivity contribution in [3.8, 4) is 5.75 Å². The highest BCUT2D eigenvalue weighted by Crippen LogP contribution is 2.36. The van der Waals surface area contributed by atoms with Crippen molar-refractivity contribution >= 4 is 28.9 Å². The first-order valence-electron chi connectivity index (χ1n) is 9.73. The third-order valence-corrected chi connectivity index (χ3v) is 5.09. The summed E-state index contributed by atoms with van der Waals surface area (Å²) in [7, 11) is 1.57. The van der Waals surface area contributed by atoms with Gasteiger partial charge in [-0.25, -0.2) is 0 Å². The van der Waals surface area contributed by atoms with E-state index in [1.165, 1.54) is 0 Å². The van der Waals surface area contributed by atoms with E-state index in [-0.39, 0.29) is 18.4 Å². The van der Waals surface area contributed by atoms with E-state index >= 15 is 0 Å². The average Bonchev–Trinajstić information content (AvgIpc) is 2.75. The fourth-order valence-electron chi connectivity index (χ4n) is 3.72. The molecule has 2 amide bonds. The van der Waals surface area contributed by atoms with Crippen molar-refractivity contribution in [3.63, 3.8) is 0 Å². The smallest absolute Gasteiger partial charge is 0.251 e. The second-order valence-electron chi connectivity index (χ2n) is 7.20. The second kappa shape index (κ2) is 8.29. The molecule has 152 valence electrons. The molecule has 0 bridgehead atoms. The third kappa shape index (κ3) is 3.85. The zero-order chi connectivity index (χ0) is 21.1. The van der Waals surface area contributed by atoms with Crippen LogP contribution in [0.2, 0.25) is 0 Å². The fourth-order valence-corrected chi connectivity index (χ4v) is 3.72. The number of benzene rings is 3. The van der Waals surface area contributed by atoms with E-state index in [9.17, 15) is 9.59 Å². The van der Waals surface area contributed by atoms with Crippen LogP contribution in [0.15, 0.2) is 72.8 Å². The van der Waals surface area contributed by atoms with Gasteiger partial charge in [0.25, 0.3) is 5.91 Å². The van der Waals surface area contributed by atoms with E-state index in [0.29, 0.717) is 17.1 Å². The van der Waals surface area contributed by atoms with Gasteiger partial charge in [0, 0.05) is 0 Å². The first kappa shape index (κ1) is 19.5. The monoisotopic (exact) mass is 401 g/mol. The molecular formula is C24H23N3O3. The Labute approximate surface area is 175 Å². The minimum Gasteiger partial charge on any atom is -0.495 e. The number of anilines is 3. The molecule has 3 aromatic carbocycles. The van der Waals surface area contributed by atoms with E-state index in [0.717, 1.165) is 16.8 Å². The van der Waals surface area contributed by atoms with Gasteiger partial charge in [0.15, 0.2) is 0 Å². The maximum Gasteiger partial charge on any atom is 0.251 e. The van der Waals surface area contributed by atoms with Crippen molar-refractivity contribution < 1.29 is 14.3 Å². The number of aryl methyl sites for hydroxylation is 1. The van der Waals surface area contributed by atoms with Gasteiger partial charge < -0.3 is 20.3 Å². The Morgan fingerprint density at radius 2 is 1.80 bits per heavy atom. The molecule has 0 spiro atoms. The summed E-state index contributed by atoms with van der Waals surface area (Å²) in [5.74, 6) is 0.183. The van der Waals surface area contributed by atoms with Crippen LogP contribution in [0.4, 0.5) is 17.1 Å². The van der Waals surface area contributed by atoms with E-state index in [1.54, 1.807) is 7.11 Å². The number of nitrogens with one attached hydrogen (secondary N) is 2. The van der Waals surface area contributed by atoms with Gasteiger partial charge in [0.1, 0.15) is 11.8 Å². The van der Waals surface area contributed by atoms with Crippen molar-refractivity contribution in [2.75, 3.05) is 29.2 Å². The van der Waals surface area contributed by atoms with Crippen LogP contribution in [0.5, 0.6) is 5.75 Å². The van der Waals surface area contributed by atoms with Crippen molar-refractivity contribution in [1.82, 2.24) is 0 Å². The highest BCUT2D eigenvalue weighted by Gasteiger charge is 2.33. The van der Waals surface area contributed by atoms with Gasteiger partial charge in [-0.2, -0.15) is 0 Å². The molecular weight excluding hydrogens is 378 g/mol. The molecule has 1 heterocycles. The number of carbonyl (C=O) groups excluding carboxylic acids is 2. The lowest BCUT2D eigenvalue weighted by molar-refractivity contribution is -0.118. The van der Waals surface area contributed by atoms with Crippen LogP contribution >= 0.6 is 0 Å². The molecule has 6 heteroatoms. The molecule has 0 saturated carbocycles. The van der Waals surface area contributed by atoms with Gasteiger partial charge in [-0.05, 0) is 42.3 Å². The summed E-state index contributed by atoms with van der Waals surface area (Å²) in [5, 5.41) is 5.88. The van der Waals surface area contributed by atoms with E-state index in [1.807, 2.05) is 84.6 Å². The van der Waals surface area contributed by atoms with E-state index in [4.69, 9.17) is 4.74 Å². The maximum absolute atomic E-state index is 13.6. The van der Waals surface area contributed by atoms with Crippen LogP contribution in [0.3, 0.4) is 0 Å². The Kier molecular flexibility index (Phi) is 5.39. The number of carbonyl (C=O) groups is 2. The lowest BCUT2D eigenvalue weighted by Crippen LogP contribution is -2.45. The normalized spacial score (nSPS) is 13.8. The number of hydrogen-bond donors (Lipinski definition) is 2. The van der Waals surface area contributed by atoms with Crippen molar-refractivity contribution in [2.45, 2.75) is 13.0 Å². The summed E-state index contributed by atoms with van der Waals surface area (Å²) in [6.07, 6.45) is 0. The van der Waals surface area contributed by atoms with Crippen LogP contribution in [0, 0.1) is 6.92 Å². The van der Waals surface area contributed by atoms with Gasteiger partial charge in [-0.3, -0.25) is 9.59 Å². The summed E-state index contributed by atoms with van der Waals surface area (Å²) < 4.78 is 5.41.